The standard InChI is InChI=1S/C18H24N4O4S.C17H23N5O3S/c1-11(2)9-26-15-7-12(3)5-6-14(15)21-16(23)22-17-20-13(10-27-17)8-19-18(24)25-4;1-10(2)8-25-14-6-11(3)4-5-13(14)21-16(24)22-17-20-12(9-26-17)7-19-15(18)23/h5-7,10-11H,8-9H2,1-4H3,(H,19,24)(H2,20,21,22,23);4-6,9-10H,7-8H2,1-3H3,(H3,18,19,23)(H2,20,21,22,24). The lowest BCUT2D eigenvalue weighted by atomic mass is 10.2. The van der Waals surface area contributed by atoms with Crippen LogP contribution in [0.2, 0.25) is 0 Å². The summed E-state index contributed by atoms with van der Waals surface area (Å²) in [6.07, 6.45) is -0.538. The summed E-state index contributed by atoms with van der Waals surface area (Å²) in [7, 11) is 1.29. The Morgan fingerprint density at radius 1 is 0.698 bits per heavy atom. The highest BCUT2D eigenvalue weighted by atomic mass is 32.1. The van der Waals surface area contributed by atoms with Gasteiger partial charge in [0.2, 0.25) is 0 Å². The van der Waals surface area contributed by atoms with Crippen LogP contribution in [0.25, 0.3) is 0 Å². The smallest absolute Gasteiger partial charge is 0.407 e. The van der Waals surface area contributed by atoms with Crippen LogP contribution in [0.5, 0.6) is 11.5 Å². The van der Waals surface area contributed by atoms with Crippen molar-refractivity contribution < 1.29 is 33.4 Å². The number of methoxy groups -OCH3 is 1. The number of carbonyl (C=O) groups excluding carboxylic acids is 4. The molecule has 53 heavy (non-hydrogen) atoms. The second-order valence-corrected chi connectivity index (χ2v) is 14.1. The SMILES string of the molecule is COC(=O)NCc1csc(NC(=O)Nc2ccc(C)cc2OCC(C)C)n1.Cc1ccc(NC(=O)Nc2nc(CNC(N)=O)cs2)c(OCC(C)C)c1. The third kappa shape index (κ3) is 15.7. The molecule has 0 aliphatic heterocycles. The monoisotopic (exact) mass is 769 g/mol. The lowest BCUT2D eigenvalue weighted by molar-refractivity contribution is 0.170. The molecule has 2 aromatic heterocycles. The summed E-state index contributed by atoms with van der Waals surface area (Å²) in [6, 6.07) is 9.70. The first-order valence-electron chi connectivity index (χ1n) is 16.6. The Bertz CT molecular complexity index is 1830. The van der Waals surface area contributed by atoms with Crippen molar-refractivity contribution in [1.82, 2.24) is 20.6 Å². The third-order valence-electron chi connectivity index (χ3n) is 6.50. The Labute approximate surface area is 316 Å². The predicted molar refractivity (Wildman–Crippen MR) is 208 cm³/mol. The van der Waals surface area contributed by atoms with Crippen molar-refractivity contribution in [2.24, 2.45) is 17.6 Å². The van der Waals surface area contributed by atoms with Crippen LogP contribution < -0.4 is 47.1 Å². The Balaban J connectivity index is 0.000000286. The quantitative estimate of drug-likeness (QED) is 0.0684. The van der Waals surface area contributed by atoms with Crippen molar-refractivity contribution >= 4 is 68.5 Å². The molecule has 0 aliphatic rings. The van der Waals surface area contributed by atoms with Gasteiger partial charge in [-0.25, -0.2) is 29.1 Å². The number of hydrogen-bond acceptors (Lipinski definition) is 11. The van der Waals surface area contributed by atoms with E-state index in [9.17, 15) is 19.2 Å². The summed E-state index contributed by atoms with van der Waals surface area (Å²) < 4.78 is 16.1. The number of nitrogens with zero attached hydrogens (tertiary/aromatic N) is 2. The topological polar surface area (TPSA) is 220 Å². The van der Waals surface area contributed by atoms with Gasteiger partial charge in [-0.15, -0.1) is 22.7 Å². The number of nitrogens with one attached hydrogen (secondary N) is 6. The number of aromatic nitrogens is 2. The molecule has 286 valence electrons. The number of amides is 7. The number of nitrogens with two attached hydrogens (primary N) is 1. The number of primary amides is 1. The predicted octanol–water partition coefficient (Wildman–Crippen LogP) is 7.28. The van der Waals surface area contributed by atoms with Crippen LogP contribution in [-0.2, 0) is 17.8 Å². The van der Waals surface area contributed by atoms with Gasteiger partial charge in [-0.3, -0.25) is 10.6 Å². The van der Waals surface area contributed by atoms with Crippen LogP contribution in [0.1, 0.15) is 50.2 Å². The number of ether oxygens (including phenoxy) is 3. The molecule has 8 N–H and O–H groups in total. The van der Waals surface area contributed by atoms with Gasteiger partial charge < -0.3 is 41.2 Å². The van der Waals surface area contributed by atoms with Gasteiger partial charge in [-0.1, -0.05) is 39.8 Å². The lowest BCUT2D eigenvalue weighted by Gasteiger charge is -2.14. The summed E-state index contributed by atoms with van der Waals surface area (Å²) in [6.45, 7) is 13.7. The van der Waals surface area contributed by atoms with E-state index >= 15 is 0 Å². The molecular weight excluding hydrogens is 723 g/mol. The Morgan fingerprint density at radius 2 is 1.13 bits per heavy atom. The summed E-state index contributed by atoms with van der Waals surface area (Å²) in [5.41, 5.74) is 9.51. The number of rotatable bonds is 14. The maximum Gasteiger partial charge on any atom is 0.407 e. The number of thiazole rings is 2. The first kappa shape index (κ1) is 41.8. The summed E-state index contributed by atoms with van der Waals surface area (Å²) in [5, 5.41) is 20.2. The molecule has 18 heteroatoms. The Hall–Kier alpha value is -5.62. The molecule has 0 atom stereocenters. The van der Waals surface area contributed by atoms with Crippen molar-refractivity contribution in [3.05, 3.63) is 69.7 Å². The first-order chi connectivity index (χ1) is 25.2. The van der Waals surface area contributed by atoms with Gasteiger partial charge >= 0.3 is 24.2 Å². The first-order valence-corrected chi connectivity index (χ1v) is 18.3. The second kappa shape index (κ2) is 21.0. The second-order valence-electron chi connectivity index (χ2n) is 12.4. The molecule has 0 saturated heterocycles. The maximum absolute atomic E-state index is 12.3. The zero-order valence-corrected chi connectivity index (χ0v) is 32.4. The Kier molecular flexibility index (Phi) is 16.6. The fourth-order valence-corrected chi connectivity index (χ4v) is 5.43. The number of aryl methyl sites for hydroxylation is 2. The number of alkyl carbamates (subject to hydrolysis) is 1. The van der Waals surface area contributed by atoms with Crippen LogP contribution in [0.4, 0.5) is 40.8 Å². The van der Waals surface area contributed by atoms with E-state index in [-0.39, 0.29) is 13.1 Å². The van der Waals surface area contributed by atoms with E-state index in [0.717, 1.165) is 11.1 Å². The molecule has 0 radical (unpaired) electrons. The van der Waals surface area contributed by atoms with Gasteiger partial charge in [0.05, 0.1) is 56.2 Å². The van der Waals surface area contributed by atoms with Crippen molar-refractivity contribution in [1.29, 1.82) is 0 Å². The number of carbonyl (C=O) groups is 4. The van der Waals surface area contributed by atoms with Crippen molar-refractivity contribution in [3.63, 3.8) is 0 Å². The molecular formula is C35H47N9O7S2. The summed E-state index contributed by atoms with van der Waals surface area (Å²) in [4.78, 5) is 54.7. The molecule has 0 spiro atoms. The maximum atomic E-state index is 12.3. The van der Waals surface area contributed by atoms with Gasteiger partial charge in [0, 0.05) is 10.8 Å². The van der Waals surface area contributed by atoms with Crippen molar-refractivity contribution in [2.45, 2.75) is 54.6 Å². The minimum atomic E-state index is -0.626. The zero-order chi connectivity index (χ0) is 38.9. The van der Waals surface area contributed by atoms with Crippen molar-refractivity contribution in [2.75, 3.05) is 41.6 Å². The van der Waals surface area contributed by atoms with Gasteiger partial charge in [0.1, 0.15) is 11.5 Å². The fourth-order valence-electron chi connectivity index (χ4n) is 4.02. The molecule has 2 heterocycles. The lowest BCUT2D eigenvalue weighted by Crippen LogP contribution is -2.28. The van der Waals surface area contributed by atoms with E-state index in [0.29, 0.717) is 69.6 Å². The van der Waals surface area contributed by atoms with Crippen LogP contribution in [-0.4, -0.2) is 54.5 Å². The minimum absolute atomic E-state index is 0.209. The number of anilines is 4. The highest BCUT2D eigenvalue weighted by Crippen LogP contribution is 2.28. The van der Waals surface area contributed by atoms with E-state index < -0.39 is 24.2 Å². The van der Waals surface area contributed by atoms with Gasteiger partial charge in [-0.05, 0) is 61.1 Å². The summed E-state index contributed by atoms with van der Waals surface area (Å²) >= 11 is 2.52. The Morgan fingerprint density at radius 3 is 1.53 bits per heavy atom. The molecule has 4 rings (SSSR count). The highest BCUT2D eigenvalue weighted by Gasteiger charge is 2.13. The van der Waals surface area contributed by atoms with Crippen LogP contribution in [0.15, 0.2) is 47.2 Å². The van der Waals surface area contributed by atoms with E-state index in [1.807, 2.05) is 38.1 Å². The average molecular weight is 770 g/mol. The molecule has 0 unspecified atom stereocenters. The molecule has 7 amide bonds. The molecule has 0 fully saturated rings. The average Bonchev–Trinajstić information content (AvgIpc) is 3.75. The van der Waals surface area contributed by atoms with Crippen LogP contribution in [0.3, 0.4) is 0 Å². The van der Waals surface area contributed by atoms with Crippen molar-refractivity contribution in [3.8, 4) is 11.5 Å². The molecule has 0 aliphatic carbocycles. The zero-order valence-electron chi connectivity index (χ0n) is 30.7. The largest absolute Gasteiger partial charge is 0.491 e. The van der Waals surface area contributed by atoms with E-state index in [2.05, 4.69) is 74.3 Å². The van der Waals surface area contributed by atoms with E-state index in [4.69, 9.17) is 15.2 Å². The van der Waals surface area contributed by atoms with Gasteiger partial charge in [0.25, 0.3) is 0 Å². The molecule has 2 aromatic carbocycles. The molecule has 4 aromatic rings. The highest BCUT2D eigenvalue weighted by molar-refractivity contribution is 7.14. The van der Waals surface area contributed by atoms with Crippen LogP contribution in [0, 0.1) is 25.7 Å². The van der Waals surface area contributed by atoms with E-state index in [1.165, 1.54) is 29.8 Å². The third-order valence-corrected chi connectivity index (χ3v) is 8.12. The van der Waals surface area contributed by atoms with Gasteiger partial charge in [-0.2, -0.15) is 0 Å². The van der Waals surface area contributed by atoms with Crippen LogP contribution >= 0.6 is 22.7 Å². The fraction of sp³-hybridized carbons (Fsp3) is 0.371. The minimum Gasteiger partial charge on any atom is -0.491 e. The van der Waals surface area contributed by atoms with E-state index in [1.54, 1.807) is 22.9 Å². The number of hydrogen-bond donors (Lipinski definition) is 7. The molecule has 16 nitrogen and oxygen atoms in total. The normalized spacial score (nSPS) is 10.4. The molecule has 0 bridgehead atoms. The van der Waals surface area contributed by atoms with Gasteiger partial charge in [0.15, 0.2) is 10.3 Å². The number of urea groups is 3. The molecule has 0 saturated carbocycles. The number of benzene rings is 2. The summed E-state index contributed by atoms with van der Waals surface area (Å²) in [5.74, 6) is 2.00.